The Balaban J connectivity index is 1.53. The second-order valence-corrected chi connectivity index (χ2v) is 10.8. The molecular formula is C25H38O2. The Hall–Kier alpha value is -0.920. The fourth-order valence-electron chi connectivity index (χ4n) is 8.26. The number of aldehydes is 1. The monoisotopic (exact) mass is 370 g/mol. The Labute approximate surface area is 165 Å². The van der Waals surface area contributed by atoms with E-state index >= 15 is 0 Å². The Kier molecular flexibility index (Phi) is 5.14. The van der Waals surface area contributed by atoms with Crippen LogP contribution in [0.1, 0.15) is 91.4 Å². The fraction of sp³-hybridized carbons (Fsp3) is 0.840. The van der Waals surface area contributed by atoms with Gasteiger partial charge in [0.15, 0.2) is 5.78 Å². The van der Waals surface area contributed by atoms with Gasteiger partial charge in [0.25, 0.3) is 0 Å². The molecule has 3 saturated carbocycles. The molecule has 4 aliphatic carbocycles. The predicted molar refractivity (Wildman–Crippen MR) is 109 cm³/mol. The van der Waals surface area contributed by atoms with Crippen molar-refractivity contribution >= 4 is 12.1 Å². The first kappa shape index (κ1) is 19.4. The SMILES string of the molecule is C[C@H](CCCC=O)[C@H]1CC[C@H]2[C@@H]3CCC4=CC(=O)CC[C@]4(C)[C@H]3CC[C@]12C. The second-order valence-electron chi connectivity index (χ2n) is 10.8. The lowest BCUT2D eigenvalue weighted by Gasteiger charge is -2.58. The molecule has 0 aromatic carbocycles. The van der Waals surface area contributed by atoms with E-state index in [1.807, 2.05) is 6.08 Å². The van der Waals surface area contributed by atoms with Gasteiger partial charge < -0.3 is 4.79 Å². The molecule has 2 nitrogen and oxygen atoms in total. The minimum Gasteiger partial charge on any atom is -0.303 e. The Morgan fingerprint density at radius 1 is 1.11 bits per heavy atom. The molecule has 0 radical (unpaired) electrons. The standard InChI is InChI=1S/C25H38O2/c1-17(6-4-5-15-26)21-9-10-22-20-8-7-18-16-19(27)11-13-24(18,2)23(20)12-14-25(21,22)3/h15-17,20-23H,4-14H2,1-3H3/t17-,20+,21-,22+,23+,24+,25-/m1/s1. The van der Waals surface area contributed by atoms with Crippen LogP contribution in [0.4, 0.5) is 0 Å². The summed E-state index contributed by atoms with van der Waals surface area (Å²) in [6.45, 7) is 7.55. The number of ketones is 1. The largest absolute Gasteiger partial charge is 0.303 e. The third-order valence-corrected chi connectivity index (χ3v) is 9.70. The summed E-state index contributed by atoms with van der Waals surface area (Å²) < 4.78 is 0. The van der Waals surface area contributed by atoms with Crippen LogP contribution in [0.5, 0.6) is 0 Å². The van der Waals surface area contributed by atoms with E-state index in [0.717, 1.165) is 68.0 Å². The molecule has 0 unspecified atom stereocenters. The van der Waals surface area contributed by atoms with Crippen LogP contribution in [0.2, 0.25) is 0 Å². The van der Waals surface area contributed by atoms with Crippen molar-refractivity contribution in [1.82, 2.24) is 0 Å². The first-order chi connectivity index (χ1) is 12.9. The zero-order chi connectivity index (χ0) is 19.2. The van der Waals surface area contributed by atoms with E-state index in [4.69, 9.17) is 0 Å². The molecule has 0 aromatic rings. The Bertz CT molecular complexity index is 634. The van der Waals surface area contributed by atoms with E-state index in [9.17, 15) is 9.59 Å². The molecule has 3 fully saturated rings. The molecule has 150 valence electrons. The van der Waals surface area contributed by atoms with Gasteiger partial charge in [-0.1, -0.05) is 32.8 Å². The molecule has 0 heterocycles. The summed E-state index contributed by atoms with van der Waals surface area (Å²) in [5.74, 6) is 4.50. The van der Waals surface area contributed by atoms with Crippen LogP contribution in [0.15, 0.2) is 11.6 Å². The highest BCUT2D eigenvalue weighted by atomic mass is 16.1. The quantitative estimate of drug-likeness (QED) is 0.430. The van der Waals surface area contributed by atoms with Crippen LogP contribution < -0.4 is 0 Å². The van der Waals surface area contributed by atoms with E-state index in [1.165, 1.54) is 44.1 Å². The normalized spacial score (nSPS) is 44.7. The van der Waals surface area contributed by atoms with Crippen LogP contribution in [0.3, 0.4) is 0 Å². The maximum Gasteiger partial charge on any atom is 0.155 e. The summed E-state index contributed by atoms with van der Waals surface area (Å²) in [6, 6.07) is 0. The molecule has 4 rings (SSSR count). The van der Waals surface area contributed by atoms with Gasteiger partial charge in [0.05, 0.1) is 0 Å². The maximum absolute atomic E-state index is 12.0. The van der Waals surface area contributed by atoms with E-state index in [1.54, 1.807) is 0 Å². The minimum atomic E-state index is 0.297. The molecule has 27 heavy (non-hydrogen) atoms. The zero-order valence-corrected chi connectivity index (χ0v) is 17.6. The van der Waals surface area contributed by atoms with Crippen molar-refractivity contribution in [3.63, 3.8) is 0 Å². The number of carbonyl (C=O) groups is 2. The lowest BCUT2D eigenvalue weighted by atomic mass is 9.46. The number of rotatable bonds is 5. The highest BCUT2D eigenvalue weighted by Gasteiger charge is 2.59. The highest BCUT2D eigenvalue weighted by molar-refractivity contribution is 5.91. The first-order valence-corrected chi connectivity index (χ1v) is 11.6. The van der Waals surface area contributed by atoms with Gasteiger partial charge in [-0.15, -0.1) is 0 Å². The number of fused-ring (bicyclic) bond motifs is 5. The molecule has 0 aromatic heterocycles. The molecule has 0 amide bonds. The summed E-state index contributed by atoms with van der Waals surface area (Å²) >= 11 is 0. The van der Waals surface area contributed by atoms with Gasteiger partial charge in [0.1, 0.15) is 6.29 Å². The molecule has 2 heteroatoms. The van der Waals surface area contributed by atoms with Crippen LogP contribution in [-0.2, 0) is 9.59 Å². The summed E-state index contributed by atoms with van der Waals surface area (Å²) in [5, 5.41) is 0. The van der Waals surface area contributed by atoms with E-state index in [2.05, 4.69) is 20.8 Å². The van der Waals surface area contributed by atoms with Crippen molar-refractivity contribution in [2.24, 2.45) is 40.4 Å². The molecule has 0 aliphatic heterocycles. The lowest BCUT2D eigenvalue weighted by molar-refractivity contribution is -0.117. The van der Waals surface area contributed by atoms with Crippen LogP contribution in [0.25, 0.3) is 0 Å². The fourth-order valence-corrected chi connectivity index (χ4v) is 8.26. The molecule has 4 aliphatic rings. The van der Waals surface area contributed by atoms with Gasteiger partial charge in [0, 0.05) is 12.8 Å². The minimum absolute atomic E-state index is 0.297. The number of carbonyl (C=O) groups excluding carboxylic acids is 2. The maximum atomic E-state index is 12.0. The number of unbranched alkanes of at least 4 members (excludes halogenated alkanes) is 1. The number of allylic oxidation sites excluding steroid dienone is 1. The molecule has 0 bridgehead atoms. The zero-order valence-electron chi connectivity index (χ0n) is 17.6. The smallest absolute Gasteiger partial charge is 0.155 e. The molecule has 0 saturated heterocycles. The third kappa shape index (κ3) is 3.06. The van der Waals surface area contributed by atoms with Gasteiger partial charge in [-0.05, 0) is 97.9 Å². The van der Waals surface area contributed by atoms with Crippen molar-refractivity contribution in [2.75, 3.05) is 0 Å². The Morgan fingerprint density at radius 2 is 1.93 bits per heavy atom. The van der Waals surface area contributed by atoms with Crippen molar-refractivity contribution < 1.29 is 9.59 Å². The van der Waals surface area contributed by atoms with Gasteiger partial charge in [-0.2, -0.15) is 0 Å². The molecule has 0 N–H and O–H groups in total. The van der Waals surface area contributed by atoms with Gasteiger partial charge >= 0.3 is 0 Å². The topological polar surface area (TPSA) is 34.1 Å². The summed E-state index contributed by atoms with van der Waals surface area (Å²) in [7, 11) is 0. The van der Waals surface area contributed by atoms with Crippen molar-refractivity contribution in [3.8, 4) is 0 Å². The van der Waals surface area contributed by atoms with Crippen LogP contribution in [-0.4, -0.2) is 12.1 Å². The molecular weight excluding hydrogens is 332 g/mol. The summed E-state index contributed by atoms with van der Waals surface area (Å²) in [5.41, 5.74) is 2.29. The lowest BCUT2D eigenvalue weighted by Crippen LogP contribution is -2.50. The number of hydrogen-bond acceptors (Lipinski definition) is 2. The second kappa shape index (κ2) is 7.16. The molecule has 7 atom stereocenters. The molecule has 0 spiro atoms. The summed E-state index contributed by atoms with van der Waals surface area (Å²) in [4.78, 5) is 22.7. The van der Waals surface area contributed by atoms with Crippen molar-refractivity contribution in [1.29, 1.82) is 0 Å². The van der Waals surface area contributed by atoms with Crippen LogP contribution in [0, 0.1) is 40.4 Å². The van der Waals surface area contributed by atoms with Crippen molar-refractivity contribution in [2.45, 2.75) is 91.4 Å². The van der Waals surface area contributed by atoms with E-state index in [0.29, 0.717) is 16.6 Å². The van der Waals surface area contributed by atoms with Gasteiger partial charge in [-0.25, -0.2) is 0 Å². The van der Waals surface area contributed by atoms with E-state index in [-0.39, 0.29) is 0 Å². The average molecular weight is 371 g/mol. The third-order valence-electron chi connectivity index (χ3n) is 9.70. The average Bonchev–Trinajstić information content (AvgIpc) is 3.00. The number of hydrogen-bond donors (Lipinski definition) is 0. The van der Waals surface area contributed by atoms with Gasteiger partial charge in [0.2, 0.25) is 0 Å². The predicted octanol–water partition coefficient (Wildman–Crippen LogP) is 6.14. The van der Waals surface area contributed by atoms with Crippen LogP contribution >= 0.6 is 0 Å². The van der Waals surface area contributed by atoms with E-state index < -0.39 is 0 Å². The van der Waals surface area contributed by atoms with Crippen molar-refractivity contribution in [3.05, 3.63) is 11.6 Å². The summed E-state index contributed by atoms with van der Waals surface area (Å²) in [6.07, 6.45) is 16.0. The first-order valence-electron chi connectivity index (χ1n) is 11.6. The van der Waals surface area contributed by atoms with Gasteiger partial charge in [-0.3, -0.25) is 4.79 Å². The highest BCUT2D eigenvalue weighted by Crippen LogP contribution is 2.67. The Morgan fingerprint density at radius 3 is 2.70 bits per heavy atom.